The van der Waals surface area contributed by atoms with Crippen LogP contribution in [0.2, 0.25) is 0 Å². The molecule has 0 saturated heterocycles. The summed E-state index contributed by atoms with van der Waals surface area (Å²) in [6, 6.07) is 10.1. The molecule has 0 aliphatic rings. The number of benzene rings is 1. The molecule has 3 rings (SSSR count). The van der Waals surface area contributed by atoms with Gasteiger partial charge in [0.05, 0.1) is 6.54 Å². The number of imidazole rings is 1. The lowest BCUT2D eigenvalue weighted by Gasteiger charge is -2.11. The number of aromatic nitrogens is 4. The summed E-state index contributed by atoms with van der Waals surface area (Å²) in [7, 11) is 0. The number of nitrogens with zero attached hydrogens (tertiary/aromatic N) is 3. The molecule has 0 aliphatic heterocycles. The third kappa shape index (κ3) is 4.04. The molecule has 0 atom stereocenters. The van der Waals surface area contributed by atoms with Gasteiger partial charge in [0.15, 0.2) is 16.6 Å². The Bertz CT molecular complexity index is 901. The average Bonchev–Trinajstić information content (AvgIpc) is 2.90. The van der Waals surface area contributed by atoms with Gasteiger partial charge in [0.25, 0.3) is 0 Å². The van der Waals surface area contributed by atoms with Crippen LogP contribution in [0.25, 0.3) is 11.2 Å². The first-order valence-electron chi connectivity index (χ1n) is 8.52. The predicted octanol–water partition coefficient (Wildman–Crippen LogP) is 3.49. The van der Waals surface area contributed by atoms with E-state index >= 15 is 0 Å². The number of aromatic amines is 1. The van der Waals surface area contributed by atoms with E-state index < -0.39 is 0 Å². The van der Waals surface area contributed by atoms with Crippen LogP contribution in [0.1, 0.15) is 32.8 Å². The van der Waals surface area contributed by atoms with Gasteiger partial charge >= 0.3 is 5.69 Å². The van der Waals surface area contributed by atoms with E-state index in [4.69, 9.17) is 0 Å². The Hall–Kier alpha value is -2.28. The second kappa shape index (κ2) is 7.74. The Balaban J connectivity index is 2.10. The Kier molecular flexibility index (Phi) is 5.43. The molecule has 7 heteroatoms. The number of nitrogens with one attached hydrogen (secondary N) is 2. The smallest absolute Gasteiger partial charge is 0.328 e. The fourth-order valence-electron chi connectivity index (χ4n) is 2.56. The van der Waals surface area contributed by atoms with E-state index in [1.807, 2.05) is 44.2 Å². The Morgan fingerprint density at radius 1 is 1.24 bits per heavy atom. The molecule has 0 spiro atoms. The molecule has 0 aliphatic carbocycles. The maximum absolute atomic E-state index is 12.5. The molecule has 2 aromatic heterocycles. The summed E-state index contributed by atoms with van der Waals surface area (Å²) < 4.78 is 1.67. The molecule has 1 aromatic carbocycles. The molecule has 0 amide bonds. The van der Waals surface area contributed by atoms with E-state index in [0.717, 1.165) is 17.7 Å². The quantitative estimate of drug-likeness (QED) is 0.500. The number of anilines is 1. The van der Waals surface area contributed by atoms with Gasteiger partial charge in [0.2, 0.25) is 0 Å². The fourth-order valence-corrected chi connectivity index (χ4v) is 3.25. The Labute approximate surface area is 151 Å². The van der Waals surface area contributed by atoms with Gasteiger partial charge in [0, 0.05) is 11.8 Å². The van der Waals surface area contributed by atoms with Gasteiger partial charge in [-0.2, -0.15) is 0 Å². The number of hydrogen-bond donors (Lipinski definition) is 2. The highest BCUT2D eigenvalue weighted by Gasteiger charge is 2.16. The van der Waals surface area contributed by atoms with Crippen LogP contribution in [0.15, 0.2) is 40.3 Å². The van der Waals surface area contributed by atoms with Crippen molar-refractivity contribution < 1.29 is 0 Å². The van der Waals surface area contributed by atoms with E-state index in [9.17, 15) is 4.79 Å². The van der Waals surface area contributed by atoms with Crippen molar-refractivity contribution in [3.05, 3.63) is 46.4 Å². The highest BCUT2D eigenvalue weighted by molar-refractivity contribution is 7.99. The van der Waals surface area contributed by atoms with E-state index in [1.54, 1.807) is 16.3 Å². The first-order chi connectivity index (χ1) is 12.1. The van der Waals surface area contributed by atoms with Gasteiger partial charge in [-0.3, -0.25) is 4.57 Å². The van der Waals surface area contributed by atoms with Gasteiger partial charge in [-0.15, -0.1) is 0 Å². The lowest BCUT2D eigenvalue weighted by atomic mass is 10.2. The second-order valence-corrected chi connectivity index (χ2v) is 7.26. The Morgan fingerprint density at radius 2 is 2.00 bits per heavy atom. The third-order valence-electron chi connectivity index (χ3n) is 3.65. The number of H-pyrrole nitrogens is 1. The van der Waals surface area contributed by atoms with Crippen LogP contribution in [-0.4, -0.2) is 31.3 Å². The molecular formula is C18H23N5OS. The molecule has 2 heterocycles. The molecule has 132 valence electrons. The predicted molar refractivity (Wildman–Crippen MR) is 103 cm³/mol. The summed E-state index contributed by atoms with van der Waals surface area (Å²) >= 11 is 1.61. The van der Waals surface area contributed by atoms with Gasteiger partial charge in [-0.25, -0.2) is 14.8 Å². The Morgan fingerprint density at radius 3 is 2.68 bits per heavy atom. The monoisotopic (exact) mass is 357 g/mol. The first-order valence-corrected chi connectivity index (χ1v) is 9.51. The van der Waals surface area contributed by atoms with Crippen molar-refractivity contribution in [2.75, 3.05) is 11.1 Å². The summed E-state index contributed by atoms with van der Waals surface area (Å²) in [5.41, 5.74) is 2.20. The number of thioether (sulfide) groups is 1. The zero-order chi connectivity index (χ0) is 17.8. The van der Waals surface area contributed by atoms with E-state index in [0.29, 0.717) is 28.7 Å². The highest BCUT2D eigenvalue weighted by atomic mass is 32.2. The summed E-state index contributed by atoms with van der Waals surface area (Å²) in [5, 5.41) is 4.01. The lowest BCUT2D eigenvalue weighted by Crippen LogP contribution is -2.17. The zero-order valence-electron chi connectivity index (χ0n) is 14.7. The number of fused-ring (bicyclic) bond motifs is 1. The molecule has 6 nitrogen and oxygen atoms in total. The molecule has 0 radical (unpaired) electrons. The maximum Gasteiger partial charge on any atom is 0.328 e. The molecule has 25 heavy (non-hydrogen) atoms. The largest absolute Gasteiger partial charge is 0.366 e. The summed E-state index contributed by atoms with van der Waals surface area (Å²) in [5.74, 6) is 1.63. The van der Waals surface area contributed by atoms with Crippen molar-refractivity contribution in [2.45, 2.75) is 44.9 Å². The van der Waals surface area contributed by atoms with Gasteiger partial charge < -0.3 is 10.3 Å². The number of rotatable bonds is 7. The van der Waals surface area contributed by atoms with Crippen LogP contribution in [0, 0.1) is 0 Å². The van der Waals surface area contributed by atoms with Crippen molar-refractivity contribution >= 4 is 28.7 Å². The minimum absolute atomic E-state index is 0.169. The van der Waals surface area contributed by atoms with Crippen LogP contribution in [-0.2, 0) is 6.54 Å². The van der Waals surface area contributed by atoms with Crippen LogP contribution < -0.4 is 11.0 Å². The van der Waals surface area contributed by atoms with Gasteiger partial charge in [-0.05, 0) is 25.8 Å². The summed E-state index contributed by atoms with van der Waals surface area (Å²) in [6.45, 7) is 6.70. The van der Waals surface area contributed by atoms with Crippen molar-refractivity contribution in [1.29, 1.82) is 0 Å². The first kappa shape index (κ1) is 17.5. The lowest BCUT2D eigenvalue weighted by molar-refractivity contribution is 0.770. The topological polar surface area (TPSA) is 75.6 Å². The molecule has 2 N–H and O–H groups in total. The minimum Gasteiger partial charge on any atom is -0.366 e. The number of hydrogen-bond acceptors (Lipinski definition) is 5. The van der Waals surface area contributed by atoms with Crippen molar-refractivity contribution in [3.63, 3.8) is 0 Å². The van der Waals surface area contributed by atoms with E-state index in [2.05, 4.69) is 27.2 Å². The van der Waals surface area contributed by atoms with Crippen LogP contribution in [0.3, 0.4) is 0 Å². The van der Waals surface area contributed by atoms with Crippen LogP contribution in [0.5, 0.6) is 0 Å². The van der Waals surface area contributed by atoms with Crippen molar-refractivity contribution in [1.82, 2.24) is 19.5 Å². The highest BCUT2D eigenvalue weighted by Crippen LogP contribution is 2.23. The molecule has 0 bridgehead atoms. The zero-order valence-corrected chi connectivity index (χ0v) is 15.6. The maximum atomic E-state index is 12.5. The van der Waals surface area contributed by atoms with Crippen molar-refractivity contribution in [2.24, 2.45) is 0 Å². The summed E-state index contributed by atoms with van der Waals surface area (Å²) in [6.07, 6.45) is 1.04. The van der Waals surface area contributed by atoms with Crippen LogP contribution in [0.4, 0.5) is 5.82 Å². The molecule has 0 unspecified atom stereocenters. The second-order valence-electron chi connectivity index (χ2n) is 6.20. The van der Waals surface area contributed by atoms with Crippen molar-refractivity contribution in [3.8, 4) is 0 Å². The van der Waals surface area contributed by atoms with E-state index in [-0.39, 0.29) is 11.7 Å². The van der Waals surface area contributed by atoms with Gasteiger partial charge in [-0.1, -0.05) is 49.0 Å². The molecule has 3 aromatic rings. The summed E-state index contributed by atoms with van der Waals surface area (Å²) in [4.78, 5) is 24.7. The molecule has 0 saturated carbocycles. The van der Waals surface area contributed by atoms with Crippen LogP contribution >= 0.6 is 11.8 Å². The standard InChI is InChI=1S/C18H23N5OS/c1-4-10-25-17-21-15(19-12(2)3)14-16(22-17)23(18(24)20-14)11-13-8-6-5-7-9-13/h5-9,12H,4,10-11H2,1-3H3,(H,20,24)(H,19,21,22). The third-order valence-corrected chi connectivity index (χ3v) is 4.70. The van der Waals surface area contributed by atoms with Gasteiger partial charge in [0.1, 0.15) is 5.52 Å². The molecular weight excluding hydrogens is 334 g/mol. The SMILES string of the molecule is CCCSc1nc(NC(C)C)c2[nH]c(=O)n(Cc3ccccc3)c2n1. The minimum atomic E-state index is -0.169. The molecule has 0 fully saturated rings. The normalized spacial score (nSPS) is 11.4. The average molecular weight is 357 g/mol. The fraction of sp³-hybridized carbons (Fsp3) is 0.389. The van der Waals surface area contributed by atoms with E-state index in [1.165, 1.54) is 0 Å².